The van der Waals surface area contributed by atoms with E-state index in [2.05, 4.69) is 37.2 Å². The molecule has 1 atom stereocenters. The van der Waals surface area contributed by atoms with Crippen molar-refractivity contribution >= 4 is 61.2 Å². The number of aryl methyl sites for hydroxylation is 1. The van der Waals surface area contributed by atoms with E-state index >= 15 is 0 Å². The number of carbonyl (C=O) groups excluding carboxylic acids is 1. The van der Waals surface area contributed by atoms with E-state index in [1.54, 1.807) is 6.92 Å². The predicted molar refractivity (Wildman–Crippen MR) is 89.4 cm³/mol. The van der Waals surface area contributed by atoms with Gasteiger partial charge in [-0.15, -0.1) is 11.8 Å². The normalized spacial score (nSPS) is 12.0. The average Bonchev–Trinajstić information content (AvgIpc) is 2.30. The lowest BCUT2D eigenvalue weighted by Crippen LogP contribution is -2.17. The monoisotopic (exact) mass is 423 g/mol. The van der Waals surface area contributed by atoms with Crippen molar-refractivity contribution in [3.05, 3.63) is 26.6 Å². The van der Waals surface area contributed by atoms with Crippen LogP contribution >= 0.6 is 43.6 Å². The lowest BCUT2D eigenvalue weighted by atomic mass is 10.2. The number of carboxylic acid groups (broad SMARTS) is 1. The highest BCUT2D eigenvalue weighted by Crippen LogP contribution is 2.32. The Labute approximate surface area is 139 Å². The highest BCUT2D eigenvalue weighted by molar-refractivity contribution is 9.11. The molecule has 0 aliphatic heterocycles. The fraction of sp³-hybridized carbons (Fsp3) is 0.385. The largest absolute Gasteiger partial charge is 0.481 e. The minimum atomic E-state index is -0.852. The molecule has 1 aromatic carbocycles. The van der Waals surface area contributed by atoms with Gasteiger partial charge in [0.1, 0.15) is 0 Å². The number of hydrogen-bond acceptors (Lipinski definition) is 3. The van der Waals surface area contributed by atoms with Crippen LogP contribution in [0.15, 0.2) is 21.1 Å². The molecule has 4 nitrogen and oxygen atoms in total. The molecule has 0 radical (unpaired) electrons. The minimum absolute atomic E-state index is 0.0515. The van der Waals surface area contributed by atoms with E-state index in [0.29, 0.717) is 5.69 Å². The van der Waals surface area contributed by atoms with Crippen molar-refractivity contribution in [1.29, 1.82) is 0 Å². The lowest BCUT2D eigenvalue weighted by Gasteiger charge is -2.12. The number of benzene rings is 1. The van der Waals surface area contributed by atoms with Crippen LogP contribution in [0.25, 0.3) is 0 Å². The van der Waals surface area contributed by atoms with Crippen LogP contribution in [0.3, 0.4) is 0 Å². The molecule has 0 bridgehead atoms. The first-order chi connectivity index (χ1) is 9.29. The zero-order valence-electron chi connectivity index (χ0n) is 11.1. The fourth-order valence-corrected chi connectivity index (χ4v) is 3.90. The van der Waals surface area contributed by atoms with Crippen LogP contribution in [-0.2, 0) is 9.59 Å². The summed E-state index contributed by atoms with van der Waals surface area (Å²) in [4.78, 5) is 22.4. The van der Waals surface area contributed by atoms with Gasteiger partial charge >= 0.3 is 5.97 Å². The number of nitrogens with one attached hydrogen (secondary N) is 1. The van der Waals surface area contributed by atoms with E-state index in [9.17, 15) is 9.59 Å². The number of anilines is 1. The van der Waals surface area contributed by atoms with Crippen molar-refractivity contribution in [2.45, 2.75) is 25.5 Å². The maximum Gasteiger partial charge on any atom is 0.304 e. The van der Waals surface area contributed by atoms with Gasteiger partial charge in [-0.05, 0) is 56.5 Å². The Morgan fingerprint density at radius 3 is 2.40 bits per heavy atom. The molecular formula is C13H15Br2NO3S. The maximum atomic E-state index is 11.9. The molecule has 7 heteroatoms. The van der Waals surface area contributed by atoms with Gasteiger partial charge in [0.25, 0.3) is 0 Å². The summed E-state index contributed by atoms with van der Waals surface area (Å²) in [5.74, 6) is -0.784. The number of carbonyl (C=O) groups is 2. The smallest absolute Gasteiger partial charge is 0.304 e. The molecule has 0 saturated heterocycles. The fourth-order valence-electron chi connectivity index (χ4n) is 1.52. The standard InChI is InChI=1S/C13H15Br2NO3S/c1-7-3-9(14)13(10(15)4-7)16-11(17)6-20-8(2)5-12(18)19/h3-4,8H,5-6H2,1-2H3,(H,16,17)(H,18,19). The quantitative estimate of drug-likeness (QED) is 0.722. The Bertz CT molecular complexity index is 499. The van der Waals surface area contributed by atoms with Crippen molar-refractivity contribution in [1.82, 2.24) is 0 Å². The van der Waals surface area contributed by atoms with Gasteiger partial charge in [0.15, 0.2) is 0 Å². The van der Waals surface area contributed by atoms with E-state index in [1.165, 1.54) is 11.8 Å². The second-order valence-corrected chi connectivity index (χ2v) is 7.51. The molecule has 0 spiro atoms. The van der Waals surface area contributed by atoms with Gasteiger partial charge < -0.3 is 10.4 Å². The van der Waals surface area contributed by atoms with E-state index < -0.39 is 5.97 Å². The summed E-state index contributed by atoms with van der Waals surface area (Å²) in [6.07, 6.45) is 0.0515. The van der Waals surface area contributed by atoms with Gasteiger partial charge in [-0.1, -0.05) is 6.92 Å². The number of hydrogen-bond donors (Lipinski definition) is 2. The van der Waals surface area contributed by atoms with Gasteiger partial charge in [-0.25, -0.2) is 0 Å². The van der Waals surface area contributed by atoms with Crippen LogP contribution in [0.1, 0.15) is 18.9 Å². The van der Waals surface area contributed by atoms with Gasteiger partial charge in [0, 0.05) is 14.2 Å². The third kappa shape index (κ3) is 5.85. The molecule has 0 saturated carbocycles. The molecule has 1 rings (SSSR count). The number of aliphatic carboxylic acids is 1. The Morgan fingerprint density at radius 1 is 1.35 bits per heavy atom. The van der Waals surface area contributed by atoms with E-state index in [1.807, 2.05) is 19.1 Å². The third-order valence-corrected chi connectivity index (χ3v) is 4.83. The summed E-state index contributed by atoms with van der Waals surface area (Å²) in [6, 6.07) is 3.83. The lowest BCUT2D eigenvalue weighted by molar-refractivity contribution is -0.136. The SMILES string of the molecule is Cc1cc(Br)c(NC(=O)CSC(C)CC(=O)O)c(Br)c1. The molecule has 2 N–H and O–H groups in total. The summed E-state index contributed by atoms with van der Waals surface area (Å²) in [5.41, 5.74) is 1.76. The van der Waals surface area contributed by atoms with Crippen LogP contribution in [0.4, 0.5) is 5.69 Å². The molecule has 0 aromatic heterocycles. The maximum absolute atomic E-state index is 11.9. The molecule has 20 heavy (non-hydrogen) atoms. The van der Waals surface area contributed by atoms with Gasteiger partial charge in [-0.2, -0.15) is 0 Å². The first kappa shape index (κ1) is 17.5. The Hall–Kier alpha value is -0.530. The third-order valence-electron chi connectivity index (χ3n) is 2.41. The number of halogens is 2. The summed E-state index contributed by atoms with van der Waals surface area (Å²) in [7, 11) is 0. The molecule has 0 aliphatic carbocycles. The Balaban J connectivity index is 2.57. The minimum Gasteiger partial charge on any atom is -0.481 e. The molecule has 110 valence electrons. The Morgan fingerprint density at radius 2 is 1.90 bits per heavy atom. The molecule has 1 aromatic rings. The van der Waals surface area contributed by atoms with Crippen LogP contribution < -0.4 is 5.32 Å². The van der Waals surface area contributed by atoms with E-state index in [0.717, 1.165) is 14.5 Å². The number of thioether (sulfide) groups is 1. The second kappa shape index (κ2) is 8.05. The van der Waals surface area contributed by atoms with Gasteiger partial charge in [0.2, 0.25) is 5.91 Å². The van der Waals surface area contributed by atoms with Crippen LogP contribution in [0.5, 0.6) is 0 Å². The summed E-state index contributed by atoms with van der Waals surface area (Å²) in [6.45, 7) is 3.76. The Kier molecular flexibility index (Phi) is 7.05. The molecule has 0 aliphatic rings. The van der Waals surface area contributed by atoms with Crippen molar-refractivity contribution in [3.8, 4) is 0 Å². The predicted octanol–water partition coefficient (Wildman–Crippen LogP) is 4.05. The van der Waals surface area contributed by atoms with E-state index in [4.69, 9.17) is 5.11 Å². The topological polar surface area (TPSA) is 66.4 Å². The van der Waals surface area contributed by atoms with Crippen LogP contribution in [0, 0.1) is 6.92 Å². The zero-order valence-corrected chi connectivity index (χ0v) is 15.1. The van der Waals surface area contributed by atoms with Crippen molar-refractivity contribution in [2.75, 3.05) is 11.1 Å². The highest BCUT2D eigenvalue weighted by atomic mass is 79.9. The first-order valence-corrected chi connectivity index (χ1v) is 8.52. The number of rotatable bonds is 6. The zero-order chi connectivity index (χ0) is 15.3. The van der Waals surface area contributed by atoms with Crippen LogP contribution in [-0.4, -0.2) is 28.0 Å². The number of amides is 1. The molecule has 1 unspecified atom stereocenters. The van der Waals surface area contributed by atoms with Crippen molar-refractivity contribution in [3.63, 3.8) is 0 Å². The van der Waals surface area contributed by atoms with Crippen molar-refractivity contribution < 1.29 is 14.7 Å². The highest BCUT2D eigenvalue weighted by Gasteiger charge is 2.13. The molecule has 0 fully saturated rings. The molecular weight excluding hydrogens is 410 g/mol. The molecule has 1 amide bonds. The molecule has 0 heterocycles. The summed E-state index contributed by atoms with van der Waals surface area (Å²) < 4.78 is 1.61. The summed E-state index contributed by atoms with van der Waals surface area (Å²) in [5, 5.41) is 11.4. The second-order valence-electron chi connectivity index (χ2n) is 4.37. The van der Waals surface area contributed by atoms with Gasteiger partial charge in [0.05, 0.1) is 17.9 Å². The number of carboxylic acids is 1. The van der Waals surface area contributed by atoms with Crippen molar-refractivity contribution in [2.24, 2.45) is 0 Å². The average molecular weight is 425 g/mol. The van der Waals surface area contributed by atoms with E-state index in [-0.39, 0.29) is 23.3 Å². The summed E-state index contributed by atoms with van der Waals surface area (Å²) >= 11 is 8.14. The van der Waals surface area contributed by atoms with Crippen LogP contribution in [0.2, 0.25) is 0 Å². The van der Waals surface area contributed by atoms with Gasteiger partial charge in [-0.3, -0.25) is 9.59 Å². The first-order valence-electron chi connectivity index (χ1n) is 5.88.